The maximum atomic E-state index is 11.8. The molecule has 2 nitrogen and oxygen atoms in total. The summed E-state index contributed by atoms with van der Waals surface area (Å²) in [4.78, 5) is 11.8. The minimum atomic E-state index is 0.0731. The molecule has 1 aromatic carbocycles. The summed E-state index contributed by atoms with van der Waals surface area (Å²) in [5.74, 6) is 0.170. The molecule has 0 radical (unpaired) electrons. The van der Waals surface area contributed by atoms with Crippen LogP contribution in [0, 0.1) is 6.92 Å². The van der Waals surface area contributed by atoms with Crippen molar-refractivity contribution < 1.29 is 4.79 Å². The number of alkyl halides is 1. The van der Waals surface area contributed by atoms with E-state index in [1.807, 2.05) is 6.07 Å². The Kier molecular flexibility index (Phi) is 3.87. The highest BCUT2D eigenvalue weighted by Crippen LogP contribution is 2.36. The van der Waals surface area contributed by atoms with Gasteiger partial charge in [0.2, 0.25) is 5.91 Å². The minimum Gasteiger partial charge on any atom is -0.350 e. The van der Waals surface area contributed by atoms with E-state index in [1.165, 1.54) is 11.1 Å². The fraction of sp³-hybridized carbons (Fsp3) is 0.500. The van der Waals surface area contributed by atoms with Crippen LogP contribution in [0.4, 0.5) is 0 Å². The molecule has 1 saturated carbocycles. The van der Waals surface area contributed by atoms with Gasteiger partial charge in [-0.15, -0.1) is 0 Å². The maximum absolute atomic E-state index is 11.8. The summed E-state index contributed by atoms with van der Waals surface area (Å²) < 4.78 is 0. The number of carbonyl (C=O) groups is 1. The first kappa shape index (κ1) is 12.6. The summed E-state index contributed by atoms with van der Waals surface area (Å²) in [6, 6.07) is 8.35. The number of hydrogen-bond acceptors (Lipinski definition) is 1. The predicted molar refractivity (Wildman–Crippen MR) is 73.4 cm³/mol. The summed E-state index contributed by atoms with van der Waals surface area (Å²) in [5.41, 5.74) is 2.56. The van der Waals surface area contributed by atoms with E-state index < -0.39 is 0 Å². The smallest absolute Gasteiger partial charge is 0.220 e. The normalized spacial score (nSPS) is 16.6. The van der Waals surface area contributed by atoms with Crippen molar-refractivity contribution in [1.82, 2.24) is 5.32 Å². The Hall–Kier alpha value is -0.830. The average molecular weight is 296 g/mol. The second kappa shape index (κ2) is 5.21. The summed E-state index contributed by atoms with van der Waals surface area (Å²) in [5, 5.41) is 3.99. The van der Waals surface area contributed by atoms with Crippen LogP contribution in [-0.2, 0) is 11.2 Å². The first-order valence-electron chi connectivity index (χ1n) is 6.06. The van der Waals surface area contributed by atoms with Crippen molar-refractivity contribution in [2.75, 3.05) is 5.33 Å². The molecule has 0 aromatic heterocycles. The minimum absolute atomic E-state index is 0.0731. The summed E-state index contributed by atoms with van der Waals surface area (Å²) in [6.07, 6.45) is 3.62. The van der Waals surface area contributed by atoms with Crippen molar-refractivity contribution in [3.05, 3.63) is 35.4 Å². The summed E-state index contributed by atoms with van der Waals surface area (Å²) >= 11 is 3.45. The van der Waals surface area contributed by atoms with E-state index in [-0.39, 0.29) is 11.4 Å². The molecule has 0 aliphatic heterocycles. The van der Waals surface area contributed by atoms with Crippen LogP contribution in [0.5, 0.6) is 0 Å². The van der Waals surface area contributed by atoms with Gasteiger partial charge >= 0.3 is 0 Å². The van der Waals surface area contributed by atoms with Crippen molar-refractivity contribution in [1.29, 1.82) is 0 Å². The molecule has 92 valence electrons. The lowest BCUT2D eigenvalue weighted by atomic mass is 10.1. The SMILES string of the molecule is Cc1cccc(CCC(=O)NC2(CBr)CC2)c1. The van der Waals surface area contributed by atoms with Gasteiger partial charge in [0, 0.05) is 17.3 Å². The van der Waals surface area contributed by atoms with Crippen LogP contribution in [0.25, 0.3) is 0 Å². The van der Waals surface area contributed by atoms with Crippen LogP contribution in [0.15, 0.2) is 24.3 Å². The lowest BCUT2D eigenvalue weighted by Crippen LogP contribution is -2.38. The Bertz CT molecular complexity index is 412. The zero-order valence-corrected chi connectivity index (χ0v) is 11.7. The molecule has 0 atom stereocenters. The molecular formula is C14H18BrNO. The van der Waals surface area contributed by atoms with Crippen LogP contribution < -0.4 is 5.32 Å². The Morgan fingerprint density at radius 1 is 1.47 bits per heavy atom. The van der Waals surface area contributed by atoms with E-state index in [9.17, 15) is 4.79 Å². The molecule has 0 bridgehead atoms. The van der Waals surface area contributed by atoms with E-state index in [4.69, 9.17) is 0 Å². The molecule has 3 heteroatoms. The van der Waals surface area contributed by atoms with E-state index in [0.717, 1.165) is 24.6 Å². The number of nitrogens with one attached hydrogen (secondary N) is 1. The molecule has 0 unspecified atom stereocenters. The Morgan fingerprint density at radius 2 is 2.24 bits per heavy atom. The number of hydrogen-bond donors (Lipinski definition) is 1. The van der Waals surface area contributed by atoms with Crippen molar-refractivity contribution in [3.63, 3.8) is 0 Å². The molecule has 17 heavy (non-hydrogen) atoms. The monoisotopic (exact) mass is 295 g/mol. The Balaban J connectivity index is 1.80. The van der Waals surface area contributed by atoms with Gasteiger partial charge in [-0.05, 0) is 31.7 Å². The van der Waals surface area contributed by atoms with Crippen LogP contribution in [-0.4, -0.2) is 16.8 Å². The summed E-state index contributed by atoms with van der Waals surface area (Å²) in [7, 11) is 0. The average Bonchev–Trinajstić information content (AvgIpc) is 3.07. The van der Waals surface area contributed by atoms with Gasteiger partial charge in [0.25, 0.3) is 0 Å². The number of halogens is 1. The van der Waals surface area contributed by atoms with Gasteiger partial charge in [-0.2, -0.15) is 0 Å². The van der Waals surface area contributed by atoms with Crippen molar-refractivity contribution in [2.45, 2.75) is 38.1 Å². The third-order valence-corrected chi connectivity index (χ3v) is 4.31. The summed E-state index contributed by atoms with van der Waals surface area (Å²) in [6.45, 7) is 2.08. The Labute approximate surface area is 111 Å². The second-order valence-corrected chi connectivity index (χ2v) is 5.51. The van der Waals surface area contributed by atoms with E-state index in [2.05, 4.69) is 46.4 Å². The maximum Gasteiger partial charge on any atom is 0.220 e. The topological polar surface area (TPSA) is 29.1 Å². The number of amides is 1. The molecule has 1 amide bonds. The van der Waals surface area contributed by atoms with Gasteiger partial charge in [0.1, 0.15) is 0 Å². The third-order valence-electron chi connectivity index (χ3n) is 3.24. The second-order valence-electron chi connectivity index (χ2n) is 4.95. The van der Waals surface area contributed by atoms with Crippen LogP contribution in [0.2, 0.25) is 0 Å². The molecule has 2 rings (SSSR count). The highest BCUT2D eigenvalue weighted by atomic mass is 79.9. The molecule has 0 heterocycles. The van der Waals surface area contributed by atoms with Gasteiger partial charge in [-0.3, -0.25) is 4.79 Å². The van der Waals surface area contributed by atoms with Crippen molar-refractivity contribution in [3.8, 4) is 0 Å². The van der Waals surface area contributed by atoms with Crippen LogP contribution >= 0.6 is 15.9 Å². The first-order chi connectivity index (χ1) is 8.13. The zero-order valence-electron chi connectivity index (χ0n) is 10.1. The van der Waals surface area contributed by atoms with Gasteiger partial charge in [-0.25, -0.2) is 0 Å². The van der Waals surface area contributed by atoms with Crippen molar-refractivity contribution in [2.24, 2.45) is 0 Å². The number of aryl methyl sites for hydroxylation is 2. The molecule has 0 spiro atoms. The highest BCUT2D eigenvalue weighted by molar-refractivity contribution is 9.09. The zero-order chi connectivity index (χ0) is 12.3. The fourth-order valence-electron chi connectivity index (χ4n) is 1.93. The largest absolute Gasteiger partial charge is 0.350 e. The number of carbonyl (C=O) groups excluding carboxylic acids is 1. The highest BCUT2D eigenvalue weighted by Gasteiger charge is 2.42. The van der Waals surface area contributed by atoms with Gasteiger partial charge in [0.15, 0.2) is 0 Å². The molecule has 1 fully saturated rings. The number of rotatable bonds is 5. The molecular weight excluding hydrogens is 278 g/mol. The fourth-order valence-corrected chi connectivity index (χ4v) is 2.63. The van der Waals surface area contributed by atoms with E-state index in [0.29, 0.717) is 6.42 Å². The van der Waals surface area contributed by atoms with Gasteiger partial charge < -0.3 is 5.32 Å². The predicted octanol–water partition coefficient (Wildman–Crippen LogP) is 2.97. The van der Waals surface area contributed by atoms with Gasteiger partial charge in [-0.1, -0.05) is 45.8 Å². The molecule has 1 aromatic rings. The Morgan fingerprint density at radius 3 is 2.82 bits per heavy atom. The molecule has 1 N–H and O–H groups in total. The lowest BCUT2D eigenvalue weighted by molar-refractivity contribution is -0.121. The van der Waals surface area contributed by atoms with E-state index in [1.54, 1.807) is 0 Å². The third kappa shape index (κ3) is 3.56. The molecule has 0 saturated heterocycles. The standard InChI is InChI=1S/C14H18BrNO/c1-11-3-2-4-12(9-11)5-6-13(17)16-14(10-15)7-8-14/h2-4,9H,5-8,10H2,1H3,(H,16,17). The van der Waals surface area contributed by atoms with Gasteiger partial charge in [0.05, 0.1) is 0 Å². The first-order valence-corrected chi connectivity index (χ1v) is 7.18. The van der Waals surface area contributed by atoms with Crippen LogP contribution in [0.1, 0.15) is 30.4 Å². The lowest BCUT2D eigenvalue weighted by Gasteiger charge is -2.14. The molecule has 1 aliphatic carbocycles. The molecule has 1 aliphatic rings. The van der Waals surface area contributed by atoms with Crippen molar-refractivity contribution >= 4 is 21.8 Å². The number of benzene rings is 1. The quantitative estimate of drug-likeness (QED) is 0.832. The van der Waals surface area contributed by atoms with Crippen LogP contribution in [0.3, 0.4) is 0 Å². The van der Waals surface area contributed by atoms with E-state index >= 15 is 0 Å².